The number of rotatable bonds is 5. The van der Waals surface area contributed by atoms with Crippen molar-refractivity contribution in [3.05, 3.63) is 58.3 Å². The van der Waals surface area contributed by atoms with Gasteiger partial charge in [0.25, 0.3) is 5.91 Å². The highest BCUT2D eigenvalue weighted by Gasteiger charge is 2.43. The van der Waals surface area contributed by atoms with Gasteiger partial charge in [-0.2, -0.15) is 5.10 Å². The SMILES string of the molecule is O=C(c1ccc(F)cc1O[C@H]1C[C@H]2CC[C@@H](C1)N2CC1CCC1)N1Cc2nn3cc(Cl)cnc3c2C1. The Morgan fingerprint density at radius 1 is 1.14 bits per heavy atom. The minimum Gasteiger partial charge on any atom is -0.489 e. The van der Waals surface area contributed by atoms with E-state index in [1.54, 1.807) is 27.9 Å². The maximum absolute atomic E-state index is 14.3. The summed E-state index contributed by atoms with van der Waals surface area (Å²) in [6.45, 7) is 1.98. The lowest BCUT2D eigenvalue weighted by Gasteiger charge is -2.42. The summed E-state index contributed by atoms with van der Waals surface area (Å²) in [4.78, 5) is 22.4. The van der Waals surface area contributed by atoms with E-state index >= 15 is 0 Å². The molecule has 2 bridgehead atoms. The van der Waals surface area contributed by atoms with Crippen LogP contribution in [0, 0.1) is 11.7 Å². The Bertz CT molecular complexity index is 1330. The zero-order valence-electron chi connectivity index (χ0n) is 20.1. The number of piperidine rings is 1. The third kappa shape index (κ3) is 3.86. The first-order valence-electron chi connectivity index (χ1n) is 13.0. The summed E-state index contributed by atoms with van der Waals surface area (Å²) in [7, 11) is 0. The predicted octanol–water partition coefficient (Wildman–Crippen LogP) is 4.85. The van der Waals surface area contributed by atoms with E-state index in [4.69, 9.17) is 16.3 Å². The van der Waals surface area contributed by atoms with E-state index in [0.717, 1.165) is 30.0 Å². The fourth-order valence-electron chi connectivity index (χ4n) is 6.58. The van der Waals surface area contributed by atoms with Gasteiger partial charge in [-0.25, -0.2) is 13.9 Å². The second-order valence-electron chi connectivity index (χ2n) is 10.9. The average molecular weight is 510 g/mol. The molecule has 2 saturated heterocycles. The number of carbonyl (C=O) groups is 1. The van der Waals surface area contributed by atoms with Crippen LogP contribution in [0.1, 0.15) is 66.6 Å². The van der Waals surface area contributed by atoms with Crippen LogP contribution in [0.15, 0.2) is 30.6 Å². The molecule has 3 fully saturated rings. The maximum atomic E-state index is 14.3. The molecule has 0 radical (unpaired) electrons. The van der Waals surface area contributed by atoms with E-state index in [-0.39, 0.29) is 12.0 Å². The minimum atomic E-state index is -0.393. The fraction of sp³-hybridized carbons (Fsp3) is 0.519. The van der Waals surface area contributed by atoms with Gasteiger partial charge in [0.1, 0.15) is 17.7 Å². The summed E-state index contributed by atoms with van der Waals surface area (Å²) in [6.07, 6.45) is 11.7. The Morgan fingerprint density at radius 3 is 2.69 bits per heavy atom. The largest absolute Gasteiger partial charge is 0.489 e. The van der Waals surface area contributed by atoms with Gasteiger partial charge in [-0.05, 0) is 56.6 Å². The van der Waals surface area contributed by atoms with Gasteiger partial charge in [0, 0.05) is 36.5 Å². The Balaban J connectivity index is 1.08. The number of benzene rings is 1. The van der Waals surface area contributed by atoms with Crippen LogP contribution in [0.5, 0.6) is 5.75 Å². The van der Waals surface area contributed by atoms with E-state index in [2.05, 4.69) is 15.0 Å². The van der Waals surface area contributed by atoms with Gasteiger partial charge < -0.3 is 9.64 Å². The number of fused-ring (bicyclic) bond motifs is 5. The number of halogens is 2. The summed E-state index contributed by atoms with van der Waals surface area (Å²) in [5, 5.41) is 5.06. The second kappa shape index (κ2) is 8.70. The molecule has 1 saturated carbocycles. The topological polar surface area (TPSA) is 63.0 Å². The molecule has 0 unspecified atom stereocenters. The summed E-state index contributed by atoms with van der Waals surface area (Å²) in [5.41, 5.74) is 2.82. The smallest absolute Gasteiger partial charge is 0.258 e. The molecule has 4 aliphatic rings. The molecular weight excluding hydrogens is 481 g/mol. The molecule has 7 rings (SSSR count). The molecule has 7 nitrogen and oxygen atoms in total. The van der Waals surface area contributed by atoms with E-state index in [0.29, 0.717) is 47.2 Å². The van der Waals surface area contributed by atoms with Crippen molar-refractivity contribution in [3.63, 3.8) is 0 Å². The second-order valence-corrected chi connectivity index (χ2v) is 11.3. The van der Waals surface area contributed by atoms with Crippen molar-refractivity contribution < 1.29 is 13.9 Å². The molecule has 2 aromatic heterocycles. The van der Waals surface area contributed by atoms with Crippen LogP contribution in [0.2, 0.25) is 5.02 Å². The summed E-state index contributed by atoms with van der Waals surface area (Å²) in [6, 6.07) is 5.32. The molecule has 1 aromatic carbocycles. The normalized spacial score (nSPS) is 25.8. The molecule has 3 atom stereocenters. The number of carbonyl (C=O) groups excluding carboxylic acids is 1. The number of hydrogen-bond acceptors (Lipinski definition) is 5. The molecule has 188 valence electrons. The highest BCUT2D eigenvalue weighted by atomic mass is 35.5. The van der Waals surface area contributed by atoms with Crippen LogP contribution in [0.25, 0.3) is 5.65 Å². The Kier molecular flexibility index (Phi) is 5.43. The van der Waals surface area contributed by atoms with Crippen molar-refractivity contribution in [2.45, 2.75) is 76.2 Å². The molecule has 9 heteroatoms. The van der Waals surface area contributed by atoms with Gasteiger partial charge in [-0.1, -0.05) is 18.0 Å². The Hall–Kier alpha value is -2.71. The zero-order chi connectivity index (χ0) is 24.4. The third-order valence-electron chi connectivity index (χ3n) is 8.60. The lowest BCUT2D eigenvalue weighted by molar-refractivity contribution is 0.0297. The lowest BCUT2D eigenvalue weighted by atomic mass is 9.84. The first-order chi connectivity index (χ1) is 17.5. The average Bonchev–Trinajstić information content (AvgIpc) is 3.44. The van der Waals surface area contributed by atoms with Crippen molar-refractivity contribution >= 4 is 23.2 Å². The number of nitrogens with zero attached hydrogens (tertiary/aromatic N) is 5. The molecule has 36 heavy (non-hydrogen) atoms. The van der Waals surface area contributed by atoms with Gasteiger partial charge in [0.15, 0.2) is 5.65 Å². The molecule has 1 amide bonds. The van der Waals surface area contributed by atoms with Crippen LogP contribution >= 0.6 is 11.6 Å². The zero-order valence-corrected chi connectivity index (χ0v) is 20.8. The molecule has 5 heterocycles. The molecular formula is C27H29ClFN5O2. The number of hydrogen-bond donors (Lipinski definition) is 0. The van der Waals surface area contributed by atoms with Crippen molar-refractivity contribution in [1.82, 2.24) is 24.4 Å². The fourth-order valence-corrected chi connectivity index (χ4v) is 6.72. The molecule has 3 aromatic rings. The summed E-state index contributed by atoms with van der Waals surface area (Å²) >= 11 is 6.04. The quantitative estimate of drug-likeness (QED) is 0.492. The van der Waals surface area contributed by atoms with E-state index in [1.165, 1.54) is 50.8 Å². The highest BCUT2D eigenvalue weighted by Crippen LogP contribution is 2.40. The van der Waals surface area contributed by atoms with Crippen LogP contribution in [-0.2, 0) is 13.1 Å². The standard InChI is InChI=1S/C27H29ClFN5O2/c28-17-11-30-26-23-14-32(15-24(23)31-34(26)13-17)27(35)22-7-4-18(29)8-25(22)36-21-9-19-5-6-20(10-21)33(19)12-16-2-1-3-16/h4,7-8,11,13,16,19-21H,1-3,5-6,9-10,12,14-15H2/t19-,20+,21+. The van der Waals surface area contributed by atoms with Gasteiger partial charge in [-0.15, -0.1) is 0 Å². The van der Waals surface area contributed by atoms with Crippen LogP contribution in [0.3, 0.4) is 0 Å². The summed E-state index contributed by atoms with van der Waals surface area (Å²) in [5.74, 6) is 0.634. The number of amides is 1. The van der Waals surface area contributed by atoms with Crippen LogP contribution in [0.4, 0.5) is 4.39 Å². The van der Waals surface area contributed by atoms with E-state index in [9.17, 15) is 9.18 Å². The first kappa shape index (κ1) is 22.5. The van der Waals surface area contributed by atoms with Crippen LogP contribution in [-0.4, -0.2) is 55.0 Å². The first-order valence-corrected chi connectivity index (χ1v) is 13.4. The lowest BCUT2D eigenvalue weighted by Crippen LogP contribution is -2.48. The Morgan fingerprint density at radius 2 is 1.94 bits per heavy atom. The van der Waals surface area contributed by atoms with Crippen molar-refractivity contribution in [2.24, 2.45) is 5.92 Å². The Labute approximate surface area is 214 Å². The predicted molar refractivity (Wildman–Crippen MR) is 132 cm³/mol. The minimum absolute atomic E-state index is 0.00225. The van der Waals surface area contributed by atoms with E-state index < -0.39 is 5.82 Å². The van der Waals surface area contributed by atoms with E-state index in [1.807, 2.05) is 0 Å². The summed E-state index contributed by atoms with van der Waals surface area (Å²) < 4.78 is 22.3. The van der Waals surface area contributed by atoms with Crippen molar-refractivity contribution in [2.75, 3.05) is 6.54 Å². The molecule has 0 N–H and O–H groups in total. The third-order valence-corrected chi connectivity index (χ3v) is 8.79. The monoisotopic (exact) mass is 509 g/mol. The van der Waals surface area contributed by atoms with Gasteiger partial charge in [0.2, 0.25) is 0 Å². The number of ether oxygens (including phenoxy) is 1. The van der Waals surface area contributed by atoms with Crippen molar-refractivity contribution in [1.29, 1.82) is 0 Å². The maximum Gasteiger partial charge on any atom is 0.258 e. The van der Waals surface area contributed by atoms with Crippen LogP contribution < -0.4 is 4.74 Å². The molecule has 0 spiro atoms. The molecule has 1 aliphatic carbocycles. The van der Waals surface area contributed by atoms with Crippen molar-refractivity contribution in [3.8, 4) is 5.75 Å². The van der Waals surface area contributed by atoms with Gasteiger partial charge in [-0.3, -0.25) is 9.69 Å². The number of aromatic nitrogens is 3. The van der Waals surface area contributed by atoms with Gasteiger partial charge in [0.05, 0.1) is 35.6 Å². The van der Waals surface area contributed by atoms with Gasteiger partial charge >= 0.3 is 0 Å². The highest BCUT2D eigenvalue weighted by molar-refractivity contribution is 6.30. The molecule has 3 aliphatic heterocycles.